The van der Waals surface area contributed by atoms with Gasteiger partial charge in [-0.1, -0.05) is 6.42 Å². The van der Waals surface area contributed by atoms with Crippen LogP contribution in [-0.2, 0) is 18.4 Å². The Balaban J connectivity index is 1.53. The van der Waals surface area contributed by atoms with Gasteiger partial charge in [-0.3, -0.25) is 14.4 Å². The summed E-state index contributed by atoms with van der Waals surface area (Å²) in [4.78, 5) is 17.0. The van der Waals surface area contributed by atoms with Crippen molar-refractivity contribution in [2.45, 2.75) is 38.6 Å². The van der Waals surface area contributed by atoms with Crippen LogP contribution in [0.2, 0.25) is 0 Å². The molecule has 0 radical (unpaired) electrons. The summed E-state index contributed by atoms with van der Waals surface area (Å²) in [6, 6.07) is 0. The molecular weight excluding hydrogens is 276 g/mol. The Morgan fingerprint density at radius 1 is 1.14 bits per heavy atom. The van der Waals surface area contributed by atoms with Gasteiger partial charge in [0, 0.05) is 44.9 Å². The molecule has 5 nitrogen and oxygen atoms in total. The summed E-state index contributed by atoms with van der Waals surface area (Å²) < 4.78 is 1.86. The molecule has 122 valence electrons. The maximum Gasteiger partial charge on any atom is 0.225 e. The first-order chi connectivity index (χ1) is 10.6. The van der Waals surface area contributed by atoms with E-state index in [0.717, 1.165) is 45.4 Å². The number of amides is 1. The van der Waals surface area contributed by atoms with E-state index in [1.54, 1.807) is 0 Å². The van der Waals surface area contributed by atoms with Crippen molar-refractivity contribution < 1.29 is 4.79 Å². The molecular formula is C17H28N4O. The average molecular weight is 304 g/mol. The standard InChI is InChI=1S/C17H28N4O/c1-19-8-4-3-5-16(17(19)22)15-6-9-21(10-7-15)13-14-11-18-20(2)12-14/h11-12,15-16H,3-10,13H2,1-2H3. The number of carbonyl (C=O) groups excluding carboxylic acids is 1. The lowest BCUT2D eigenvalue weighted by Gasteiger charge is -2.35. The second-order valence-corrected chi connectivity index (χ2v) is 7.00. The minimum atomic E-state index is 0.271. The molecule has 0 aliphatic carbocycles. The minimum absolute atomic E-state index is 0.271. The van der Waals surface area contributed by atoms with Crippen molar-refractivity contribution in [2.24, 2.45) is 18.9 Å². The molecule has 2 aliphatic heterocycles. The van der Waals surface area contributed by atoms with Gasteiger partial charge in [0.2, 0.25) is 5.91 Å². The fourth-order valence-electron chi connectivity index (χ4n) is 3.99. The molecule has 1 amide bonds. The van der Waals surface area contributed by atoms with Crippen LogP contribution in [-0.4, -0.2) is 52.2 Å². The van der Waals surface area contributed by atoms with Crippen LogP contribution in [0.25, 0.3) is 0 Å². The summed E-state index contributed by atoms with van der Waals surface area (Å²) in [5, 5.41) is 4.24. The first-order valence-electron chi connectivity index (χ1n) is 8.58. The minimum Gasteiger partial charge on any atom is -0.346 e. The topological polar surface area (TPSA) is 41.4 Å². The fourth-order valence-corrected chi connectivity index (χ4v) is 3.99. The third kappa shape index (κ3) is 3.51. The Morgan fingerprint density at radius 3 is 2.59 bits per heavy atom. The zero-order valence-electron chi connectivity index (χ0n) is 13.9. The van der Waals surface area contributed by atoms with Gasteiger partial charge in [-0.2, -0.15) is 5.10 Å². The predicted molar refractivity (Wildman–Crippen MR) is 86.2 cm³/mol. The maximum atomic E-state index is 12.5. The van der Waals surface area contributed by atoms with Gasteiger partial charge in [0.05, 0.1) is 6.20 Å². The SMILES string of the molecule is CN1CCCCC(C2CCN(Cc3cnn(C)c3)CC2)C1=O. The molecule has 3 heterocycles. The van der Waals surface area contributed by atoms with Crippen LogP contribution in [0.3, 0.4) is 0 Å². The Hall–Kier alpha value is -1.36. The number of hydrogen-bond acceptors (Lipinski definition) is 3. The number of carbonyl (C=O) groups is 1. The number of piperidine rings is 1. The van der Waals surface area contributed by atoms with Gasteiger partial charge in [-0.15, -0.1) is 0 Å². The van der Waals surface area contributed by atoms with Crippen LogP contribution < -0.4 is 0 Å². The van der Waals surface area contributed by atoms with Crippen LogP contribution in [0.5, 0.6) is 0 Å². The van der Waals surface area contributed by atoms with Crippen LogP contribution in [0.1, 0.15) is 37.7 Å². The van der Waals surface area contributed by atoms with E-state index in [0.29, 0.717) is 11.8 Å². The van der Waals surface area contributed by atoms with Gasteiger partial charge < -0.3 is 4.90 Å². The number of rotatable bonds is 3. The summed E-state index contributed by atoms with van der Waals surface area (Å²) >= 11 is 0. The van der Waals surface area contributed by atoms with E-state index in [1.807, 2.05) is 29.9 Å². The number of aromatic nitrogens is 2. The lowest BCUT2D eigenvalue weighted by Crippen LogP contribution is -2.41. The molecule has 0 aromatic carbocycles. The van der Waals surface area contributed by atoms with E-state index < -0.39 is 0 Å². The van der Waals surface area contributed by atoms with Gasteiger partial charge in [-0.25, -0.2) is 0 Å². The van der Waals surface area contributed by atoms with Crippen molar-refractivity contribution in [2.75, 3.05) is 26.7 Å². The van der Waals surface area contributed by atoms with Gasteiger partial charge >= 0.3 is 0 Å². The van der Waals surface area contributed by atoms with Gasteiger partial charge in [0.25, 0.3) is 0 Å². The van der Waals surface area contributed by atoms with Crippen LogP contribution in [0, 0.1) is 11.8 Å². The number of likely N-dealkylation sites (tertiary alicyclic amines) is 2. The summed E-state index contributed by atoms with van der Waals surface area (Å²) in [5.41, 5.74) is 1.28. The van der Waals surface area contributed by atoms with E-state index in [-0.39, 0.29) is 5.92 Å². The fraction of sp³-hybridized carbons (Fsp3) is 0.765. The second kappa shape index (κ2) is 6.82. The lowest BCUT2D eigenvalue weighted by molar-refractivity contribution is -0.136. The number of aryl methyl sites for hydroxylation is 1. The molecule has 22 heavy (non-hydrogen) atoms. The van der Waals surface area contributed by atoms with Crippen LogP contribution in [0.15, 0.2) is 12.4 Å². The predicted octanol–water partition coefficient (Wildman–Crippen LogP) is 1.89. The Morgan fingerprint density at radius 2 is 1.91 bits per heavy atom. The molecule has 2 fully saturated rings. The van der Waals surface area contributed by atoms with Crippen LogP contribution >= 0.6 is 0 Å². The van der Waals surface area contributed by atoms with Gasteiger partial charge in [0.15, 0.2) is 0 Å². The van der Waals surface area contributed by atoms with Gasteiger partial charge in [0.1, 0.15) is 0 Å². The Labute approximate surface area is 133 Å². The smallest absolute Gasteiger partial charge is 0.225 e. The quantitative estimate of drug-likeness (QED) is 0.856. The molecule has 2 aliphatic rings. The zero-order valence-corrected chi connectivity index (χ0v) is 13.9. The van der Waals surface area contributed by atoms with Crippen LogP contribution in [0.4, 0.5) is 0 Å². The molecule has 2 saturated heterocycles. The van der Waals surface area contributed by atoms with Crippen molar-refractivity contribution in [3.8, 4) is 0 Å². The first-order valence-corrected chi connectivity index (χ1v) is 8.58. The highest BCUT2D eigenvalue weighted by Crippen LogP contribution is 2.32. The summed E-state index contributed by atoms with van der Waals surface area (Å²) in [7, 11) is 3.93. The molecule has 0 N–H and O–H groups in total. The Kier molecular flexibility index (Phi) is 4.81. The molecule has 1 atom stereocenters. The first kappa shape index (κ1) is 15.5. The summed E-state index contributed by atoms with van der Waals surface area (Å²) in [5.74, 6) is 1.24. The van der Waals surface area contributed by atoms with Crippen molar-refractivity contribution in [1.29, 1.82) is 0 Å². The highest BCUT2D eigenvalue weighted by atomic mass is 16.2. The highest BCUT2D eigenvalue weighted by molar-refractivity contribution is 5.79. The normalized spacial score (nSPS) is 25.5. The molecule has 0 bridgehead atoms. The maximum absolute atomic E-state index is 12.5. The lowest BCUT2D eigenvalue weighted by atomic mass is 9.81. The summed E-state index contributed by atoms with van der Waals surface area (Å²) in [6.07, 6.45) is 9.83. The zero-order chi connectivity index (χ0) is 15.5. The Bertz CT molecular complexity index is 505. The van der Waals surface area contributed by atoms with Crippen molar-refractivity contribution in [1.82, 2.24) is 19.6 Å². The number of nitrogens with zero attached hydrogens (tertiary/aromatic N) is 4. The molecule has 0 spiro atoms. The van der Waals surface area contributed by atoms with E-state index in [2.05, 4.69) is 16.2 Å². The third-order valence-corrected chi connectivity index (χ3v) is 5.32. The van der Waals surface area contributed by atoms with E-state index in [9.17, 15) is 4.79 Å². The third-order valence-electron chi connectivity index (χ3n) is 5.32. The molecule has 0 saturated carbocycles. The van der Waals surface area contributed by atoms with Crippen molar-refractivity contribution in [3.05, 3.63) is 18.0 Å². The molecule has 1 aromatic rings. The van der Waals surface area contributed by atoms with E-state index >= 15 is 0 Å². The highest BCUT2D eigenvalue weighted by Gasteiger charge is 2.33. The average Bonchev–Trinajstić information content (AvgIpc) is 2.84. The molecule has 3 rings (SSSR count). The van der Waals surface area contributed by atoms with Crippen molar-refractivity contribution in [3.63, 3.8) is 0 Å². The molecule has 5 heteroatoms. The monoisotopic (exact) mass is 304 g/mol. The molecule has 1 unspecified atom stereocenters. The summed E-state index contributed by atoms with van der Waals surface area (Å²) in [6.45, 7) is 4.13. The largest absolute Gasteiger partial charge is 0.346 e. The van der Waals surface area contributed by atoms with E-state index in [4.69, 9.17) is 0 Å². The second-order valence-electron chi connectivity index (χ2n) is 7.00. The van der Waals surface area contributed by atoms with Crippen molar-refractivity contribution >= 4 is 5.91 Å². The number of hydrogen-bond donors (Lipinski definition) is 0. The molecule has 1 aromatic heterocycles. The van der Waals surface area contributed by atoms with E-state index in [1.165, 1.54) is 18.4 Å². The van der Waals surface area contributed by atoms with Gasteiger partial charge in [-0.05, 0) is 44.7 Å².